The van der Waals surface area contributed by atoms with E-state index in [9.17, 15) is 9.59 Å². The third-order valence-corrected chi connectivity index (χ3v) is 5.31. The van der Waals surface area contributed by atoms with Crippen LogP contribution in [-0.2, 0) is 7.05 Å². The van der Waals surface area contributed by atoms with Crippen LogP contribution in [0, 0.1) is 0 Å². The molecule has 2 aromatic rings. The van der Waals surface area contributed by atoms with Crippen molar-refractivity contribution in [3.8, 4) is 0 Å². The molecule has 2 heterocycles. The van der Waals surface area contributed by atoms with Gasteiger partial charge in [-0.3, -0.25) is 9.59 Å². The number of hydrogen-bond acceptors (Lipinski definition) is 4. The van der Waals surface area contributed by atoms with Crippen molar-refractivity contribution in [2.75, 3.05) is 18.8 Å². The van der Waals surface area contributed by atoms with Crippen LogP contribution in [0.4, 0.5) is 0 Å². The molecule has 1 saturated heterocycles. The minimum atomic E-state index is -0.211. The zero-order chi connectivity index (χ0) is 16.2. The molecule has 0 aliphatic carbocycles. The molecule has 1 aliphatic rings. The first-order chi connectivity index (χ1) is 11.1. The van der Waals surface area contributed by atoms with Gasteiger partial charge in [0.15, 0.2) is 0 Å². The molecule has 0 radical (unpaired) electrons. The first kappa shape index (κ1) is 15.8. The van der Waals surface area contributed by atoms with E-state index < -0.39 is 0 Å². The molecule has 1 atom stereocenters. The fourth-order valence-corrected chi connectivity index (χ4v) is 3.92. The molecule has 1 aromatic carbocycles. The van der Waals surface area contributed by atoms with E-state index in [1.54, 1.807) is 7.05 Å². The van der Waals surface area contributed by atoms with E-state index in [1.807, 2.05) is 22.7 Å². The molecule has 6 heteroatoms. The number of nitrogens with zero attached hydrogens (tertiary/aromatic N) is 3. The number of hydrogen-bond donors (Lipinski definition) is 0. The van der Waals surface area contributed by atoms with Gasteiger partial charge in [0, 0.05) is 37.2 Å². The van der Waals surface area contributed by atoms with Crippen molar-refractivity contribution >= 4 is 17.7 Å². The Bertz CT molecular complexity index is 745. The van der Waals surface area contributed by atoms with Crippen LogP contribution in [0.2, 0.25) is 0 Å². The average molecular weight is 329 g/mol. The number of amides is 1. The summed E-state index contributed by atoms with van der Waals surface area (Å²) in [6, 6.07) is 13.3. The first-order valence-electron chi connectivity index (χ1n) is 7.65. The lowest BCUT2D eigenvalue weighted by molar-refractivity contribution is 0.0758. The van der Waals surface area contributed by atoms with Crippen LogP contribution in [0.3, 0.4) is 0 Å². The van der Waals surface area contributed by atoms with Gasteiger partial charge < -0.3 is 4.90 Å². The van der Waals surface area contributed by atoms with Gasteiger partial charge in [0.05, 0.1) is 0 Å². The van der Waals surface area contributed by atoms with E-state index in [0.717, 1.165) is 12.2 Å². The Kier molecular flexibility index (Phi) is 4.81. The molecule has 0 saturated carbocycles. The quantitative estimate of drug-likeness (QED) is 0.847. The van der Waals surface area contributed by atoms with E-state index in [0.29, 0.717) is 24.0 Å². The van der Waals surface area contributed by atoms with Crippen molar-refractivity contribution in [1.82, 2.24) is 14.7 Å². The van der Waals surface area contributed by atoms with Crippen LogP contribution in [0.15, 0.2) is 47.3 Å². The van der Waals surface area contributed by atoms with Crippen molar-refractivity contribution in [3.05, 3.63) is 64.1 Å². The Balaban J connectivity index is 1.71. The number of carbonyl (C=O) groups is 1. The standard InChI is InChI=1S/C17H19N3O2S/c1-19-16(21)8-7-14(18-19)17(22)20-10-9-15(23-12-11-20)13-5-3-2-4-6-13/h2-8,15H,9-12H2,1H3. The molecule has 1 aliphatic heterocycles. The molecule has 1 fully saturated rings. The zero-order valence-electron chi connectivity index (χ0n) is 13.0. The second-order valence-electron chi connectivity index (χ2n) is 5.53. The number of rotatable bonds is 2. The van der Waals surface area contributed by atoms with E-state index in [-0.39, 0.29) is 11.5 Å². The summed E-state index contributed by atoms with van der Waals surface area (Å²) in [5.41, 5.74) is 1.43. The molecule has 120 valence electrons. The van der Waals surface area contributed by atoms with E-state index in [2.05, 4.69) is 29.4 Å². The maximum atomic E-state index is 12.6. The number of carbonyl (C=O) groups excluding carboxylic acids is 1. The van der Waals surface area contributed by atoms with Crippen molar-refractivity contribution in [2.45, 2.75) is 11.7 Å². The monoisotopic (exact) mass is 329 g/mol. The van der Waals surface area contributed by atoms with Gasteiger partial charge >= 0.3 is 0 Å². The van der Waals surface area contributed by atoms with Crippen LogP contribution < -0.4 is 5.56 Å². The Morgan fingerprint density at radius 2 is 1.96 bits per heavy atom. The number of aromatic nitrogens is 2. The molecule has 1 aromatic heterocycles. The van der Waals surface area contributed by atoms with Crippen molar-refractivity contribution < 1.29 is 4.79 Å². The summed E-state index contributed by atoms with van der Waals surface area (Å²) in [5, 5.41) is 4.48. The van der Waals surface area contributed by atoms with Crippen LogP contribution >= 0.6 is 11.8 Å². The van der Waals surface area contributed by atoms with Gasteiger partial charge in [0.2, 0.25) is 0 Å². The van der Waals surface area contributed by atoms with Crippen LogP contribution in [-0.4, -0.2) is 39.4 Å². The van der Waals surface area contributed by atoms with Crippen molar-refractivity contribution in [3.63, 3.8) is 0 Å². The van der Waals surface area contributed by atoms with Crippen molar-refractivity contribution in [1.29, 1.82) is 0 Å². The van der Waals surface area contributed by atoms with Gasteiger partial charge in [0.25, 0.3) is 11.5 Å². The Hall–Kier alpha value is -2.08. The van der Waals surface area contributed by atoms with E-state index in [1.165, 1.54) is 22.4 Å². The zero-order valence-corrected chi connectivity index (χ0v) is 13.8. The van der Waals surface area contributed by atoms with Gasteiger partial charge in [0.1, 0.15) is 5.69 Å². The van der Waals surface area contributed by atoms with Crippen molar-refractivity contribution in [2.24, 2.45) is 7.05 Å². The summed E-state index contributed by atoms with van der Waals surface area (Å²) in [4.78, 5) is 25.8. The van der Waals surface area contributed by atoms with E-state index in [4.69, 9.17) is 0 Å². The summed E-state index contributed by atoms with van der Waals surface area (Å²) >= 11 is 1.89. The Morgan fingerprint density at radius 3 is 2.70 bits per heavy atom. The lowest BCUT2D eigenvalue weighted by atomic mass is 10.1. The summed E-state index contributed by atoms with van der Waals surface area (Å²) < 4.78 is 1.20. The van der Waals surface area contributed by atoms with E-state index >= 15 is 0 Å². The minimum absolute atomic E-state index is 0.102. The lowest BCUT2D eigenvalue weighted by Gasteiger charge is -2.20. The molecule has 0 bridgehead atoms. The maximum Gasteiger partial charge on any atom is 0.274 e. The van der Waals surface area contributed by atoms with Gasteiger partial charge in [-0.05, 0) is 18.1 Å². The SMILES string of the molecule is Cn1nc(C(=O)N2CCSC(c3ccccc3)CC2)ccc1=O. The number of thioether (sulfide) groups is 1. The van der Waals surface area contributed by atoms with Crippen LogP contribution in [0.25, 0.3) is 0 Å². The highest BCUT2D eigenvalue weighted by molar-refractivity contribution is 7.99. The molecule has 23 heavy (non-hydrogen) atoms. The highest BCUT2D eigenvalue weighted by Gasteiger charge is 2.23. The molecule has 5 nitrogen and oxygen atoms in total. The largest absolute Gasteiger partial charge is 0.336 e. The van der Waals surface area contributed by atoms with Gasteiger partial charge in [-0.1, -0.05) is 30.3 Å². The normalized spacial score (nSPS) is 18.5. The van der Waals surface area contributed by atoms with Crippen LogP contribution in [0.1, 0.15) is 27.7 Å². The second kappa shape index (κ2) is 7.00. The highest BCUT2D eigenvalue weighted by atomic mass is 32.2. The fraction of sp³-hybridized carbons (Fsp3) is 0.353. The molecule has 3 rings (SSSR count). The minimum Gasteiger partial charge on any atom is -0.336 e. The highest BCUT2D eigenvalue weighted by Crippen LogP contribution is 2.34. The smallest absolute Gasteiger partial charge is 0.274 e. The molecule has 1 unspecified atom stereocenters. The van der Waals surface area contributed by atoms with Gasteiger partial charge in [-0.25, -0.2) is 4.68 Å². The lowest BCUT2D eigenvalue weighted by Crippen LogP contribution is -2.35. The second-order valence-corrected chi connectivity index (χ2v) is 6.84. The third-order valence-electron chi connectivity index (χ3n) is 3.98. The summed E-state index contributed by atoms with van der Waals surface area (Å²) in [6.45, 7) is 1.41. The fourth-order valence-electron chi connectivity index (χ4n) is 2.69. The molecular weight excluding hydrogens is 310 g/mol. The third kappa shape index (κ3) is 3.64. The summed E-state index contributed by atoms with van der Waals surface area (Å²) in [7, 11) is 1.56. The Morgan fingerprint density at radius 1 is 1.17 bits per heavy atom. The average Bonchev–Trinajstić information content (AvgIpc) is 2.83. The summed E-state index contributed by atoms with van der Waals surface area (Å²) in [5.74, 6) is 0.798. The predicted molar refractivity (Wildman–Crippen MR) is 91.6 cm³/mol. The molecule has 0 spiro atoms. The van der Waals surface area contributed by atoms with Gasteiger partial charge in [-0.2, -0.15) is 16.9 Å². The molecule has 0 N–H and O–H groups in total. The Labute approximate surface area is 139 Å². The maximum absolute atomic E-state index is 12.6. The number of aryl methyl sites for hydroxylation is 1. The molecule has 1 amide bonds. The topological polar surface area (TPSA) is 55.2 Å². The number of benzene rings is 1. The van der Waals surface area contributed by atoms with Crippen LogP contribution in [0.5, 0.6) is 0 Å². The van der Waals surface area contributed by atoms with Gasteiger partial charge in [-0.15, -0.1) is 0 Å². The summed E-state index contributed by atoms with van der Waals surface area (Å²) in [6.07, 6.45) is 0.923. The first-order valence-corrected chi connectivity index (χ1v) is 8.70. The predicted octanol–water partition coefficient (Wildman–Crippen LogP) is 2.10. The molecular formula is C17H19N3O2S.